The maximum absolute atomic E-state index is 3.45. The smallest absolute Gasteiger partial charge is 0.0116 e. The molecule has 3 heteroatoms. The van der Waals surface area contributed by atoms with Gasteiger partial charge in [0.1, 0.15) is 0 Å². The van der Waals surface area contributed by atoms with Gasteiger partial charge in [-0.25, -0.2) is 0 Å². The van der Waals surface area contributed by atoms with Crippen molar-refractivity contribution in [2.24, 2.45) is 5.92 Å². The molecule has 1 N–H and O–H groups in total. The zero-order chi connectivity index (χ0) is 10.5. The summed E-state index contributed by atoms with van der Waals surface area (Å²) in [7, 11) is 2.34. The third kappa shape index (κ3) is 4.23. The summed E-state index contributed by atoms with van der Waals surface area (Å²) in [6.07, 6.45) is 10.1. The molecule has 1 saturated heterocycles. The molecule has 0 atom stereocenters. The van der Waals surface area contributed by atoms with Gasteiger partial charge < -0.3 is 10.2 Å². The van der Waals surface area contributed by atoms with Crippen LogP contribution in [-0.2, 0) is 0 Å². The van der Waals surface area contributed by atoms with Gasteiger partial charge in [-0.2, -0.15) is 0 Å². The van der Waals surface area contributed by atoms with Crippen LogP contribution in [0.3, 0.4) is 0 Å². The van der Waals surface area contributed by atoms with Gasteiger partial charge in [-0.1, -0.05) is 19.3 Å². The second-order valence-corrected chi connectivity index (χ2v) is 5.42. The number of hydrogen-bond acceptors (Lipinski definition) is 2. The van der Waals surface area contributed by atoms with E-state index >= 15 is 0 Å². The molecular weight excluding hydrogens is 220 g/mol. The zero-order valence-electron chi connectivity index (χ0n) is 10.6. The van der Waals surface area contributed by atoms with E-state index in [9.17, 15) is 0 Å². The predicted molar refractivity (Wildman–Crippen MR) is 72.3 cm³/mol. The minimum Gasteiger partial charge on any atom is -0.317 e. The Morgan fingerprint density at radius 1 is 1.00 bits per heavy atom. The minimum absolute atomic E-state index is 0. The molecule has 2 rings (SSSR count). The number of nitrogens with one attached hydrogen (secondary N) is 1. The standard InChI is InChI=1S/C13H26N2.ClH/c1-15(13-7-9-14-10-8-13)11-12-5-3-2-4-6-12;/h12-14H,2-11H2,1H3;1H. The summed E-state index contributed by atoms with van der Waals surface area (Å²) in [6.45, 7) is 3.80. The average molecular weight is 247 g/mol. The van der Waals surface area contributed by atoms with Gasteiger partial charge in [-0.05, 0) is 51.7 Å². The summed E-state index contributed by atoms with van der Waals surface area (Å²) < 4.78 is 0. The van der Waals surface area contributed by atoms with E-state index in [1.165, 1.54) is 64.6 Å². The van der Waals surface area contributed by atoms with Gasteiger partial charge in [-0.15, -0.1) is 12.4 Å². The van der Waals surface area contributed by atoms with E-state index in [2.05, 4.69) is 17.3 Å². The van der Waals surface area contributed by atoms with E-state index in [1.54, 1.807) is 0 Å². The van der Waals surface area contributed by atoms with Gasteiger partial charge in [0.2, 0.25) is 0 Å². The first kappa shape index (κ1) is 14.3. The molecule has 0 spiro atoms. The number of rotatable bonds is 3. The summed E-state index contributed by atoms with van der Waals surface area (Å²) in [6, 6.07) is 0.855. The minimum atomic E-state index is 0. The lowest BCUT2D eigenvalue weighted by atomic mass is 9.88. The quantitative estimate of drug-likeness (QED) is 0.824. The van der Waals surface area contributed by atoms with E-state index in [4.69, 9.17) is 0 Å². The Morgan fingerprint density at radius 3 is 2.25 bits per heavy atom. The van der Waals surface area contributed by atoms with Crippen molar-refractivity contribution < 1.29 is 0 Å². The number of piperidine rings is 1. The lowest BCUT2D eigenvalue weighted by Crippen LogP contribution is -2.43. The highest BCUT2D eigenvalue weighted by molar-refractivity contribution is 5.85. The van der Waals surface area contributed by atoms with Crippen molar-refractivity contribution in [1.82, 2.24) is 10.2 Å². The van der Waals surface area contributed by atoms with Crippen LogP contribution in [0.2, 0.25) is 0 Å². The van der Waals surface area contributed by atoms with E-state index in [-0.39, 0.29) is 12.4 Å². The fourth-order valence-corrected chi connectivity index (χ4v) is 3.17. The molecule has 2 nitrogen and oxygen atoms in total. The Balaban J connectivity index is 0.00000128. The van der Waals surface area contributed by atoms with Crippen molar-refractivity contribution in [2.75, 3.05) is 26.7 Å². The average Bonchev–Trinajstić information content (AvgIpc) is 2.31. The first-order chi connectivity index (χ1) is 7.36. The van der Waals surface area contributed by atoms with E-state index < -0.39 is 0 Å². The summed E-state index contributed by atoms with van der Waals surface area (Å²) in [5.41, 5.74) is 0. The first-order valence-corrected chi connectivity index (χ1v) is 6.77. The van der Waals surface area contributed by atoms with Crippen LogP contribution in [0.25, 0.3) is 0 Å². The van der Waals surface area contributed by atoms with Crippen molar-refractivity contribution in [2.45, 2.75) is 51.0 Å². The highest BCUT2D eigenvalue weighted by Crippen LogP contribution is 2.25. The monoisotopic (exact) mass is 246 g/mol. The third-order valence-corrected chi connectivity index (χ3v) is 4.20. The predicted octanol–water partition coefficient (Wildman–Crippen LogP) is 2.67. The molecule has 2 fully saturated rings. The third-order valence-electron chi connectivity index (χ3n) is 4.20. The molecule has 0 aromatic heterocycles. The first-order valence-electron chi connectivity index (χ1n) is 6.77. The number of hydrogen-bond donors (Lipinski definition) is 1. The van der Waals surface area contributed by atoms with E-state index in [0.717, 1.165) is 12.0 Å². The van der Waals surface area contributed by atoms with Crippen LogP contribution in [0, 0.1) is 5.92 Å². The number of nitrogens with zero attached hydrogens (tertiary/aromatic N) is 1. The van der Waals surface area contributed by atoms with Gasteiger partial charge in [0.15, 0.2) is 0 Å². The Kier molecular flexibility index (Phi) is 6.71. The van der Waals surface area contributed by atoms with E-state index in [0.29, 0.717) is 0 Å². The van der Waals surface area contributed by atoms with Crippen LogP contribution in [0.4, 0.5) is 0 Å². The van der Waals surface area contributed by atoms with Crippen molar-refractivity contribution in [3.05, 3.63) is 0 Å². The van der Waals surface area contributed by atoms with Crippen LogP contribution < -0.4 is 5.32 Å². The van der Waals surface area contributed by atoms with Gasteiger partial charge >= 0.3 is 0 Å². The van der Waals surface area contributed by atoms with Crippen molar-refractivity contribution >= 4 is 12.4 Å². The summed E-state index contributed by atoms with van der Waals surface area (Å²) in [5, 5.41) is 3.45. The van der Waals surface area contributed by atoms with E-state index in [1.807, 2.05) is 0 Å². The Morgan fingerprint density at radius 2 is 1.62 bits per heavy atom. The molecule has 1 aliphatic carbocycles. The van der Waals surface area contributed by atoms with Crippen LogP contribution in [0.1, 0.15) is 44.9 Å². The molecule has 16 heavy (non-hydrogen) atoms. The zero-order valence-corrected chi connectivity index (χ0v) is 11.4. The van der Waals surface area contributed by atoms with Gasteiger partial charge in [0.25, 0.3) is 0 Å². The van der Waals surface area contributed by atoms with Crippen LogP contribution >= 0.6 is 12.4 Å². The van der Waals surface area contributed by atoms with Crippen LogP contribution in [0.15, 0.2) is 0 Å². The molecule has 0 radical (unpaired) electrons. The summed E-state index contributed by atoms with van der Waals surface area (Å²) in [5.74, 6) is 0.999. The molecule has 2 aliphatic rings. The molecule has 1 aliphatic heterocycles. The molecule has 0 bridgehead atoms. The molecule has 96 valence electrons. The van der Waals surface area contributed by atoms with Crippen LogP contribution in [0.5, 0.6) is 0 Å². The molecule has 0 amide bonds. The maximum atomic E-state index is 3.45. The fraction of sp³-hybridized carbons (Fsp3) is 1.00. The Bertz CT molecular complexity index is 175. The lowest BCUT2D eigenvalue weighted by Gasteiger charge is -2.35. The molecule has 0 aromatic carbocycles. The Hall–Kier alpha value is 0.210. The largest absolute Gasteiger partial charge is 0.317 e. The highest BCUT2D eigenvalue weighted by Gasteiger charge is 2.21. The summed E-state index contributed by atoms with van der Waals surface area (Å²) >= 11 is 0. The maximum Gasteiger partial charge on any atom is 0.0116 e. The number of halogens is 1. The lowest BCUT2D eigenvalue weighted by molar-refractivity contribution is 0.155. The summed E-state index contributed by atoms with van der Waals surface area (Å²) in [4.78, 5) is 2.64. The highest BCUT2D eigenvalue weighted by atomic mass is 35.5. The van der Waals surface area contributed by atoms with Crippen molar-refractivity contribution in [3.8, 4) is 0 Å². The van der Waals surface area contributed by atoms with Gasteiger partial charge in [0, 0.05) is 12.6 Å². The second-order valence-electron chi connectivity index (χ2n) is 5.42. The molecule has 0 unspecified atom stereocenters. The normalized spacial score (nSPS) is 24.4. The molecular formula is C13H27ClN2. The van der Waals surface area contributed by atoms with Crippen LogP contribution in [-0.4, -0.2) is 37.6 Å². The fourth-order valence-electron chi connectivity index (χ4n) is 3.17. The van der Waals surface area contributed by atoms with Crippen molar-refractivity contribution in [1.29, 1.82) is 0 Å². The van der Waals surface area contributed by atoms with Gasteiger partial charge in [-0.3, -0.25) is 0 Å². The second kappa shape index (κ2) is 7.52. The molecule has 1 saturated carbocycles. The molecule has 0 aromatic rings. The SMILES string of the molecule is CN(CC1CCCCC1)C1CCNCC1.Cl. The molecule has 1 heterocycles. The van der Waals surface area contributed by atoms with Gasteiger partial charge in [0.05, 0.1) is 0 Å². The Labute approximate surface area is 107 Å². The van der Waals surface area contributed by atoms with Crippen molar-refractivity contribution in [3.63, 3.8) is 0 Å². The topological polar surface area (TPSA) is 15.3 Å².